The molecule has 0 aromatic heterocycles. The van der Waals surface area contributed by atoms with Gasteiger partial charge in [0.1, 0.15) is 55.8 Å². The Kier molecular flexibility index (Phi) is 37.7. The topological polar surface area (TPSA) is 255 Å². The Morgan fingerprint density at radius 1 is 0.500 bits per heavy atom. The van der Waals surface area contributed by atoms with Gasteiger partial charge in [0.2, 0.25) is 0 Å². The average molecular weight is 982 g/mol. The quantitative estimate of drug-likeness (QED) is 0.00944. The van der Waals surface area contributed by atoms with E-state index in [1.807, 2.05) is 0 Å². The zero-order valence-electron chi connectivity index (χ0n) is 42.1. The van der Waals surface area contributed by atoms with E-state index in [1.165, 1.54) is 141 Å². The van der Waals surface area contributed by atoms with Crippen LogP contribution in [0.3, 0.4) is 0 Å². The van der Waals surface area contributed by atoms with E-state index in [2.05, 4.69) is 23.6 Å². The molecule has 0 aromatic carbocycles. The minimum atomic E-state index is -1.78. The van der Waals surface area contributed by atoms with Crippen molar-refractivity contribution in [1.29, 1.82) is 0 Å². The van der Waals surface area contributed by atoms with Gasteiger partial charge in [0.05, 0.1) is 13.2 Å². The summed E-state index contributed by atoms with van der Waals surface area (Å²) in [4.78, 5) is 21.9. The fourth-order valence-electron chi connectivity index (χ4n) is 8.85. The van der Waals surface area contributed by atoms with E-state index in [0.717, 1.165) is 38.5 Å². The zero-order chi connectivity index (χ0) is 49.6. The first-order valence-electron chi connectivity index (χ1n) is 27.0. The van der Waals surface area contributed by atoms with Crippen molar-refractivity contribution in [2.24, 2.45) is 0 Å². The zero-order valence-corrected chi connectivity index (χ0v) is 42.1. The maximum atomic E-state index is 12.9. The van der Waals surface area contributed by atoms with Crippen molar-refractivity contribution in [3.8, 4) is 0 Å². The van der Waals surface area contributed by atoms with Gasteiger partial charge in [0.25, 0.3) is 6.10 Å². The number of aliphatic hydroxyl groups is 6. The second-order valence-electron chi connectivity index (χ2n) is 19.2. The molecule has 17 heteroatoms. The lowest BCUT2D eigenvalue weighted by molar-refractivity contribution is -0.533. The van der Waals surface area contributed by atoms with Crippen LogP contribution in [0, 0.1) is 0 Å². The van der Waals surface area contributed by atoms with Crippen LogP contribution in [0.15, 0.2) is 0 Å². The molecular formula is C51H97O17+. The van der Waals surface area contributed by atoms with E-state index in [-0.39, 0.29) is 32.0 Å². The van der Waals surface area contributed by atoms with Crippen LogP contribution in [-0.2, 0) is 42.7 Å². The van der Waals surface area contributed by atoms with Crippen LogP contribution in [-0.4, -0.2) is 147 Å². The van der Waals surface area contributed by atoms with Crippen LogP contribution in [0.4, 0.5) is 0 Å². The summed E-state index contributed by atoms with van der Waals surface area (Å²) in [5.74, 6) is -0.538. The third-order valence-corrected chi connectivity index (χ3v) is 13.3. The fraction of sp³-hybridized carbons (Fsp3) is 0.961. The number of carbonyl (C=O) groups is 1. The smallest absolute Gasteiger partial charge is 0.459 e. The summed E-state index contributed by atoms with van der Waals surface area (Å²) >= 11 is 0. The lowest BCUT2D eigenvalue weighted by Crippen LogP contribution is -2.62. The van der Waals surface area contributed by atoms with Crippen LogP contribution in [0.1, 0.15) is 219 Å². The van der Waals surface area contributed by atoms with Gasteiger partial charge in [-0.05, 0) is 12.8 Å². The Morgan fingerprint density at radius 3 is 1.37 bits per heavy atom. The fourth-order valence-corrected chi connectivity index (χ4v) is 8.85. The molecule has 2 heterocycles. The van der Waals surface area contributed by atoms with Crippen LogP contribution >= 0.6 is 0 Å². The molecule has 17 nitrogen and oxygen atoms in total. The molecule has 0 aromatic rings. The van der Waals surface area contributed by atoms with Gasteiger partial charge in [0, 0.05) is 6.42 Å². The molecular weight excluding hydrogens is 885 g/mol. The van der Waals surface area contributed by atoms with Gasteiger partial charge in [0.15, 0.2) is 25.3 Å². The average Bonchev–Trinajstić information content (AvgIpc) is 3.34. The molecule has 8 N–H and O–H groups in total. The first-order chi connectivity index (χ1) is 33.1. The van der Waals surface area contributed by atoms with Crippen LogP contribution < -0.4 is 0 Å². The minimum Gasteiger partial charge on any atom is -0.459 e. The molecule has 0 radical (unpaired) electrons. The van der Waals surface area contributed by atoms with E-state index >= 15 is 0 Å². The van der Waals surface area contributed by atoms with Crippen molar-refractivity contribution in [3.05, 3.63) is 0 Å². The monoisotopic (exact) mass is 982 g/mol. The van der Waals surface area contributed by atoms with Gasteiger partial charge in [-0.25, -0.2) is 4.89 Å². The number of ether oxygens (including phenoxy) is 5. The second kappa shape index (κ2) is 41.0. The predicted octanol–water partition coefficient (Wildman–Crippen LogP) is 8.11. The molecule has 2 aliphatic heterocycles. The van der Waals surface area contributed by atoms with Gasteiger partial charge in [-0.3, -0.25) is 10.1 Å². The minimum absolute atomic E-state index is 0.104. The molecule has 2 saturated heterocycles. The van der Waals surface area contributed by atoms with E-state index < -0.39 is 86.7 Å². The third-order valence-electron chi connectivity index (χ3n) is 13.3. The number of esters is 1. The Morgan fingerprint density at radius 2 is 0.926 bits per heavy atom. The van der Waals surface area contributed by atoms with Crippen molar-refractivity contribution in [2.45, 2.75) is 287 Å². The Balaban J connectivity index is 1.89. The van der Waals surface area contributed by atoms with Gasteiger partial charge >= 0.3 is 11.9 Å². The molecule has 11 atom stereocenters. The highest BCUT2D eigenvalue weighted by Crippen LogP contribution is 2.27. The van der Waals surface area contributed by atoms with Gasteiger partial charge in [-0.2, -0.15) is 0 Å². The summed E-state index contributed by atoms with van der Waals surface area (Å²) in [5, 5.41) is 81.3. The number of carbonyl (C=O) groups excluding carboxylic acids is 2. The summed E-state index contributed by atoms with van der Waals surface area (Å²) in [6, 6.07) is 0. The van der Waals surface area contributed by atoms with Crippen LogP contribution in [0.5, 0.6) is 0 Å². The van der Waals surface area contributed by atoms with E-state index in [0.29, 0.717) is 12.8 Å². The molecule has 2 aliphatic rings. The normalized spacial score (nSPS) is 26.0. The standard InChI is InChI=1S/C51H96O17/c1-3-5-7-9-11-13-15-17-19-21-23-25-27-29-31-33-42(53)61-36-39(64-43(67-59)34-32-30-28-26-24-22-20-18-16-14-12-10-8-6-4-2)37-62-51-49(68-60)47(57)45(55)41(66-51)38-63-50-48(58)46(56)44(54)40(35-52)65-50/h39-41,44-52,54-58H,3-38H2,1-2H3,(H-,59,60)/p+1/t39-,40-,41-,44+,45+,46+,47+,48-,49-,50+,51-/m1/s1. The highest BCUT2D eigenvalue weighted by Gasteiger charge is 2.49. The molecule has 0 aliphatic carbocycles. The number of hydrogen-bond acceptors (Lipinski definition) is 16. The maximum absolute atomic E-state index is 12.9. The Bertz CT molecular complexity index is 1210. The van der Waals surface area contributed by atoms with E-state index in [1.54, 1.807) is 0 Å². The van der Waals surface area contributed by atoms with E-state index in [9.17, 15) is 45.9 Å². The number of rotatable bonds is 43. The summed E-state index contributed by atoms with van der Waals surface area (Å²) in [5.41, 5.74) is 0. The number of unbranched alkanes of at least 4 members (excludes halogenated alkanes) is 28. The molecule has 68 heavy (non-hydrogen) atoms. The second-order valence-corrected chi connectivity index (χ2v) is 19.2. The maximum Gasteiger partial charge on any atom is 0.530 e. The highest BCUT2D eigenvalue weighted by atomic mass is 17.1. The molecule has 0 unspecified atom stereocenters. The van der Waals surface area contributed by atoms with Gasteiger partial charge < -0.3 is 58.7 Å². The lowest BCUT2D eigenvalue weighted by Gasteiger charge is -2.43. The first-order valence-corrected chi connectivity index (χ1v) is 27.0. The highest BCUT2D eigenvalue weighted by molar-refractivity contribution is 5.69. The van der Waals surface area contributed by atoms with Crippen molar-refractivity contribution < 1.29 is 83.8 Å². The van der Waals surface area contributed by atoms with Crippen molar-refractivity contribution in [1.82, 2.24) is 0 Å². The Hall–Kier alpha value is -1.58. The van der Waals surface area contributed by atoms with E-state index in [4.69, 9.17) is 28.1 Å². The molecule has 2 fully saturated rings. The van der Waals surface area contributed by atoms with Gasteiger partial charge in [-0.1, -0.05) is 199 Å². The van der Waals surface area contributed by atoms with Crippen LogP contribution in [0.2, 0.25) is 0 Å². The Labute approximate surface area is 408 Å². The van der Waals surface area contributed by atoms with Gasteiger partial charge in [-0.15, -0.1) is 4.89 Å². The molecule has 0 amide bonds. The largest absolute Gasteiger partial charge is 0.530 e. The van der Waals surface area contributed by atoms with Crippen LogP contribution in [0.25, 0.3) is 0 Å². The SMILES string of the molecule is CCCCCCCCCCCCCCCCCC(=O)OC[C@H](CO[C@@H]1O[C@H](CO[C@H]2O[C@H](CO)[C@H](O)[C@H](O)[C@H]2O)[C@H](O)[C@H](O)[C@H]1OO)[O+]=C(CCCCCCCCCCCCCCCCC)OO. The predicted molar refractivity (Wildman–Crippen MR) is 256 cm³/mol. The van der Waals surface area contributed by atoms with Crippen molar-refractivity contribution in [3.63, 3.8) is 0 Å². The lowest BCUT2D eigenvalue weighted by atomic mass is 9.98. The van der Waals surface area contributed by atoms with Crippen molar-refractivity contribution in [2.75, 3.05) is 26.4 Å². The summed E-state index contributed by atoms with van der Waals surface area (Å²) in [6.45, 7) is 2.57. The molecule has 0 spiro atoms. The van der Waals surface area contributed by atoms with Crippen molar-refractivity contribution >= 4 is 11.9 Å². The first kappa shape index (κ1) is 62.5. The molecule has 402 valence electrons. The summed E-state index contributed by atoms with van der Waals surface area (Å²) in [7, 11) is 0. The summed E-state index contributed by atoms with van der Waals surface area (Å²) < 4.78 is 34.1. The molecule has 0 saturated carbocycles. The number of aliphatic hydroxyl groups excluding tert-OH is 6. The third kappa shape index (κ3) is 27.3. The molecule has 2 rings (SSSR count). The summed E-state index contributed by atoms with van der Waals surface area (Å²) in [6.07, 6.45) is 19.7. The number of hydrogen-bond donors (Lipinski definition) is 8. The molecule has 0 bridgehead atoms.